The monoisotopic (exact) mass is 350 g/mol. The van der Waals surface area contributed by atoms with Crippen LogP contribution in [0.1, 0.15) is 35.6 Å². The molecule has 0 unspecified atom stereocenters. The van der Waals surface area contributed by atoms with Crippen molar-refractivity contribution in [3.05, 3.63) is 70.8 Å². The number of carbonyl (C=O) groups excluding carboxylic acids is 2. The van der Waals surface area contributed by atoms with Crippen LogP contribution in [0.4, 0.5) is 0 Å². The standard InChI is InChI=1S/C22H26N2O2/c1-17-6-5-7-19(14-17)15-23(18(2)25)13-11-22(26)24-12-10-20-8-3-4-9-21(20)16-24/h3-9,14H,10-13,15-16H2,1-2H3. The Hall–Kier alpha value is -2.62. The molecule has 0 aromatic heterocycles. The van der Waals surface area contributed by atoms with Crippen LogP contribution < -0.4 is 0 Å². The van der Waals surface area contributed by atoms with Gasteiger partial charge in [0.1, 0.15) is 0 Å². The van der Waals surface area contributed by atoms with Gasteiger partial charge in [0.15, 0.2) is 0 Å². The zero-order chi connectivity index (χ0) is 18.5. The fourth-order valence-electron chi connectivity index (χ4n) is 3.48. The van der Waals surface area contributed by atoms with Gasteiger partial charge in [-0.25, -0.2) is 0 Å². The molecule has 136 valence electrons. The van der Waals surface area contributed by atoms with Gasteiger partial charge in [-0.3, -0.25) is 9.59 Å². The Morgan fingerprint density at radius 3 is 2.58 bits per heavy atom. The van der Waals surface area contributed by atoms with Crippen LogP contribution in [-0.4, -0.2) is 34.7 Å². The molecule has 2 amide bonds. The summed E-state index contributed by atoms with van der Waals surface area (Å²) in [4.78, 5) is 28.3. The summed E-state index contributed by atoms with van der Waals surface area (Å²) in [5.41, 5.74) is 4.84. The minimum absolute atomic E-state index is 0.00305. The molecule has 1 aliphatic heterocycles. The van der Waals surface area contributed by atoms with Crippen LogP contribution in [0.5, 0.6) is 0 Å². The molecule has 0 N–H and O–H groups in total. The lowest BCUT2D eigenvalue weighted by Gasteiger charge is -2.30. The van der Waals surface area contributed by atoms with E-state index in [1.54, 1.807) is 11.8 Å². The quantitative estimate of drug-likeness (QED) is 0.830. The number of carbonyl (C=O) groups is 2. The zero-order valence-corrected chi connectivity index (χ0v) is 15.6. The van der Waals surface area contributed by atoms with Crippen molar-refractivity contribution in [3.63, 3.8) is 0 Å². The second kappa shape index (κ2) is 8.17. The van der Waals surface area contributed by atoms with Crippen molar-refractivity contribution >= 4 is 11.8 Å². The largest absolute Gasteiger partial charge is 0.338 e. The molecule has 1 heterocycles. The van der Waals surface area contributed by atoms with E-state index in [2.05, 4.69) is 18.2 Å². The number of benzene rings is 2. The molecule has 4 nitrogen and oxygen atoms in total. The second-order valence-electron chi connectivity index (χ2n) is 7.01. The normalized spacial score (nSPS) is 13.2. The predicted octanol–water partition coefficient (Wildman–Crippen LogP) is 3.32. The molecule has 0 saturated heterocycles. The molecular formula is C22H26N2O2. The maximum atomic E-state index is 12.6. The number of amides is 2. The fraction of sp³-hybridized carbons (Fsp3) is 0.364. The van der Waals surface area contributed by atoms with Crippen LogP contribution in [0.25, 0.3) is 0 Å². The minimum Gasteiger partial charge on any atom is -0.338 e. The molecule has 1 aliphatic rings. The van der Waals surface area contributed by atoms with Gasteiger partial charge in [0.2, 0.25) is 11.8 Å². The minimum atomic E-state index is 0.00305. The summed E-state index contributed by atoms with van der Waals surface area (Å²) >= 11 is 0. The lowest BCUT2D eigenvalue weighted by molar-refractivity contribution is -0.134. The van der Waals surface area contributed by atoms with Crippen molar-refractivity contribution in [2.75, 3.05) is 13.1 Å². The highest BCUT2D eigenvalue weighted by atomic mass is 16.2. The molecule has 0 fully saturated rings. The third-order valence-electron chi connectivity index (χ3n) is 4.98. The van der Waals surface area contributed by atoms with Crippen molar-refractivity contribution in [2.45, 2.75) is 39.8 Å². The van der Waals surface area contributed by atoms with Gasteiger partial charge < -0.3 is 9.80 Å². The maximum absolute atomic E-state index is 12.6. The van der Waals surface area contributed by atoms with Gasteiger partial charge in [-0.1, -0.05) is 54.1 Å². The molecule has 0 saturated carbocycles. The van der Waals surface area contributed by atoms with E-state index in [1.807, 2.05) is 42.2 Å². The van der Waals surface area contributed by atoms with Gasteiger partial charge in [0, 0.05) is 39.5 Å². The molecule has 0 spiro atoms. The van der Waals surface area contributed by atoms with Gasteiger partial charge >= 0.3 is 0 Å². The molecule has 0 radical (unpaired) electrons. The Kier molecular flexibility index (Phi) is 5.71. The predicted molar refractivity (Wildman–Crippen MR) is 102 cm³/mol. The van der Waals surface area contributed by atoms with Crippen LogP contribution in [0.15, 0.2) is 48.5 Å². The van der Waals surface area contributed by atoms with E-state index in [-0.39, 0.29) is 11.8 Å². The lowest BCUT2D eigenvalue weighted by Crippen LogP contribution is -2.38. The van der Waals surface area contributed by atoms with Crippen molar-refractivity contribution in [1.29, 1.82) is 0 Å². The number of nitrogens with zero attached hydrogens (tertiary/aromatic N) is 2. The summed E-state index contributed by atoms with van der Waals surface area (Å²) < 4.78 is 0. The van der Waals surface area contributed by atoms with Crippen LogP contribution >= 0.6 is 0 Å². The van der Waals surface area contributed by atoms with Gasteiger partial charge in [-0.15, -0.1) is 0 Å². The van der Waals surface area contributed by atoms with Crippen LogP contribution in [0.3, 0.4) is 0 Å². The smallest absolute Gasteiger partial charge is 0.224 e. The summed E-state index contributed by atoms with van der Waals surface area (Å²) in [5.74, 6) is 0.123. The van der Waals surface area contributed by atoms with E-state index in [0.29, 0.717) is 26.1 Å². The lowest BCUT2D eigenvalue weighted by atomic mass is 10.00. The average molecular weight is 350 g/mol. The van der Waals surface area contributed by atoms with Crippen molar-refractivity contribution < 1.29 is 9.59 Å². The van der Waals surface area contributed by atoms with Gasteiger partial charge in [0.05, 0.1) is 0 Å². The molecule has 0 aliphatic carbocycles. The Balaban J connectivity index is 1.57. The second-order valence-corrected chi connectivity index (χ2v) is 7.01. The SMILES string of the molecule is CC(=O)N(CCC(=O)N1CCc2ccccc2C1)Cc1cccc(C)c1. The highest BCUT2D eigenvalue weighted by Gasteiger charge is 2.21. The Bertz CT molecular complexity index is 800. The molecule has 26 heavy (non-hydrogen) atoms. The summed E-state index contributed by atoms with van der Waals surface area (Å²) in [6.45, 7) is 6.05. The third-order valence-corrected chi connectivity index (χ3v) is 4.98. The fourth-order valence-corrected chi connectivity index (χ4v) is 3.48. The van der Waals surface area contributed by atoms with Gasteiger partial charge in [-0.05, 0) is 30.0 Å². The van der Waals surface area contributed by atoms with Crippen molar-refractivity contribution in [1.82, 2.24) is 9.80 Å². The first-order chi connectivity index (χ1) is 12.5. The first-order valence-electron chi connectivity index (χ1n) is 9.18. The van der Waals surface area contributed by atoms with E-state index in [4.69, 9.17) is 0 Å². The molecular weight excluding hydrogens is 324 g/mol. The average Bonchev–Trinajstić information content (AvgIpc) is 2.64. The number of aryl methyl sites for hydroxylation is 1. The van der Waals surface area contributed by atoms with Crippen molar-refractivity contribution in [2.24, 2.45) is 0 Å². The summed E-state index contributed by atoms with van der Waals surface area (Å²) in [5, 5.41) is 0. The van der Waals surface area contributed by atoms with Crippen molar-refractivity contribution in [3.8, 4) is 0 Å². The molecule has 4 heteroatoms. The molecule has 0 atom stereocenters. The first-order valence-corrected chi connectivity index (χ1v) is 9.18. The maximum Gasteiger partial charge on any atom is 0.224 e. The van der Waals surface area contributed by atoms with E-state index in [9.17, 15) is 9.59 Å². The Morgan fingerprint density at radius 2 is 1.85 bits per heavy atom. The molecule has 2 aromatic carbocycles. The van der Waals surface area contributed by atoms with Gasteiger partial charge in [-0.2, -0.15) is 0 Å². The number of hydrogen-bond acceptors (Lipinski definition) is 2. The van der Waals surface area contributed by atoms with E-state index in [1.165, 1.54) is 16.7 Å². The zero-order valence-electron chi connectivity index (χ0n) is 15.6. The van der Waals surface area contributed by atoms with Crippen LogP contribution in [0, 0.1) is 6.92 Å². The molecule has 0 bridgehead atoms. The Labute approximate surface area is 155 Å². The summed E-state index contributed by atoms with van der Waals surface area (Å²) in [7, 11) is 0. The highest BCUT2D eigenvalue weighted by Crippen LogP contribution is 2.19. The Morgan fingerprint density at radius 1 is 1.08 bits per heavy atom. The van der Waals surface area contributed by atoms with E-state index >= 15 is 0 Å². The number of hydrogen-bond donors (Lipinski definition) is 0. The number of rotatable bonds is 5. The topological polar surface area (TPSA) is 40.6 Å². The van der Waals surface area contributed by atoms with Crippen LogP contribution in [0.2, 0.25) is 0 Å². The first kappa shape index (κ1) is 18.2. The summed E-state index contributed by atoms with van der Waals surface area (Å²) in [6.07, 6.45) is 1.27. The highest BCUT2D eigenvalue weighted by molar-refractivity contribution is 5.78. The number of fused-ring (bicyclic) bond motifs is 1. The van der Waals surface area contributed by atoms with E-state index in [0.717, 1.165) is 18.5 Å². The van der Waals surface area contributed by atoms with E-state index < -0.39 is 0 Å². The third kappa shape index (κ3) is 4.51. The van der Waals surface area contributed by atoms with Gasteiger partial charge in [0.25, 0.3) is 0 Å². The summed E-state index contributed by atoms with van der Waals surface area (Å²) in [6, 6.07) is 16.4. The molecule has 3 rings (SSSR count). The molecule has 2 aromatic rings. The van der Waals surface area contributed by atoms with Crippen LogP contribution in [-0.2, 0) is 29.1 Å².